The molecule has 0 unspecified atom stereocenters. The van der Waals surface area contributed by atoms with Crippen molar-refractivity contribution in [1.82, 2.24) is 15.4 Å². The molecule has 2 rings (SSSR count). The van der Waals surface area contributed by atoms with E-state index in [4.69, 9.17) is 5.73 Å². The summed E-state index contributed by atoms with van der Waals surface area (Å²) in [6.07, 6.45) is 0.382. The van der Waals surface area contributed by atoms with Crippen molar-refractivity contribution in [3.63, 3.8) is 0 Å². The van der Waals surface area contributed by atoms with Gasteiger partial charge in [-0.25, -0.2) is 4.79 Å². The predicted molar refractivity (Wildman–Crippen MR) is 107 cm³/mol. The quantitative estimate of drug-likeness (QED) is 0.470. The highest BCUT2D eigenvalue weighted by Crippen LogP contribution is 2.45. The predicted octanol–water partition coefficient (Wildman–Crippen LogP) is 1.71. The summed E-state index contributed by atoms with van der Waals surface area (Å²) < 4.78 is 0. The van der Waals surface area contributed by atoms with Crippen molar-refractivity contribution in [2.75, 3.05) is 0 Å². The molecule has 2 fully saturated rings. The third-order valence-corrected chi connectivity index (χ3v) is 6.47. The highest BCUT2D eigenvalue weighted by molar-refractivity contribution is 5.92. The Morgan fingerprint density at radius 2 is 1.07 bits per heavy atom. The minimum atomic E-state index is -1.57. The Kier molecular flexibility index (Phi) is 5.48. The lowest BCUT2D eigenvalue weighted by Crippen LogP contribution is -2.75. The van der Waals surface area contributed by atoms with E-state index in [-0.39, 0.29) is 25.7 Å². The summed E-state index contributed by atoms with van der Waals surface area (Å²) in [5, 5.41) is 36.3. The van der Waals surface area contributed by atoms with Crippen LogP contribution in [-0.2, 0) is 9.59 Å². The molecule has 0 atom stereocenters. The second kappa shape index (κ2) is 6.62. The Balaban J connectivity index is 2.41. The van der Waals surface area contributed by atoms with E-state index in [1.54, 1.807) is 55.4 Å². The molecule has 0 aromatic carbocycles. The maximum atomic E-state index is 13.4. The van der Waals surface area contributed by atoms with Gasteiger partial charge in [-0.2, -0.15) is 10.1 Å². The zero-order chi connectivity index (χ0) is 22.8. The minimum Gasteiger partial charge on any atom is -0.480 e. The van der Waals surface area contributed by atoms with E-state index in [0.29, 0.717) is 0 Å². The van der Waals surface area contributed by atoms with Crippen LogP contribution in [0.25, 0.3) is 0 Å². The van der Waals surface area contributed by atoms with Crippen molar-refractivity contribution in [3.05, 3.63) is 0 Å². The van der Waals surface area contributed by atoms with E-state index in [1.165, 1.54) is 10.1 Å². The first-order chi connectivity index (χ1) is 12.7. The van der Waals surface area contributed by atoms with Crippen molar-refractivity contribution in [3.8, 4) is 0 Å². The molecule has 0 aromatic heterocycles. The molecular weight excluding hydrogens is 376 g/mol. The molecule has 0 spiro atoms. The first kappa shape index (κ1) is 24.0. The first-order valence-corrected chi connectivity index (χ1v) is 10.0. The van der Waals surface area contributed by atoms with Crippen molar-refractivity contribution in [2.24, 2.45) is 5.73 Å². The standard InChI is InChI=1S/C20H38N4O5/c1-15(2)9-19(21,10-16(3,4)23(15)28)13(25)22-20(14(26)27)11-17(5,6)24(29)18(7,8)12-20/h28-29H,9-12,21H2,1-8H3,(H,22,25)(H,26,27). The molecular formula is C20H38N4O5. The smallest absolute Gasteiger partial charge is 0.329 e. The monoisotopic (exact) mass is 414 g/mol. The minimum absolute atomic E-state index is 0.0238. The number of aliphatic carboxylic acids is 1. The molecule has 2 aliphatic heterocycles. The third kappa shape index (κ3) is 4.03. The summed E-state index contributed by atoms with van der Waals surface area (Å²) in [7, 11) is 0. The van der Waals surface area contributed by atoms with Crippen LogP contribution in [0.15, 0.2) is 0 Å². The van der Waals surface area contributed by atoms with Gasteiger partial charge in [0.25, 0.3) is 0 Å². The van der Waals surface area contributed by atoms with Crippen LogP contribution in [0.5, 0.6) is 0 Å². The molecule has 1 amide bonds. The molecule has 9 nitrogen and oxygen atoms in total. The van der Waals surface area contributed by atoms with Gasteiger partial charge in [0.1, 0.15) is 5.54 Å². The van der Waals surface area contributed by atoms with Gasteiger partial charge in [0.2, 0.25) is 5.91 Å². The van der Waals surface area contributed by atoms with Crippen LogP contribution in [0.4, 0.5) is 0 Å². The zero-order valence-electron chi connectivity index (χ0n) is 19.0. The fourth-order valence-corrected chi connectivity index (χ4v) is 5.88. The highest BCUT2D eigenvalue weighted by atomic mass is 16.5. The number of carbonyl (C=O) groups is 2. The molecule has 2 heterocycles. The fourth-order valence-electron chi connectivity index (χ4n) is 5.88. The van der Waals surface area contributed by atoms with Gasteiger partial charge in [-0.3, -0.25) is 4.79 Å². The number of nitrogens with two attached hydrogens (primary N) is 1. The average Bonchev–Trinajstić information content (AvgIpc) is 2.48. The van der Waals surface area contributed by atoms with Crippen molar-refractivity contribution >= 4 is 11.9 Å². The van der Waals surface area contributed by atoms with Gasteiger partial charge >= 0.3 is 5.97 Å². The summed E-state index contributed by atoms with van der Waals surface area (Å²) in [4.78, 5) is 25.8. The molecule has 0 aromatic rings. The number of piperidine rings is 2. The Bertz CT molecular complexity index is 665. The summed E-state index contributed by atoms with van der Waals surface area (Å²) >= 11 is 0. The molecule has 2 aliphatic rings. The first-order valence-electron chi connectivity index (χ1n) is 10.0. The van der Waals surface area contributed by atoms with Crippen LogP contribution in [0.1, 0.15) is 81.1 Å². The number of carboxylic acid groups (broad SMARTS) is 1. The molecule has 2 saturated heterocycles. The number of carboxylic acids is 1. The van der Waals surface area contributed by atoms with Crippen LogP contribution < -0.4 is 11.1 Å². The third-order valence-electron chi connectivity index (χ3n) is 6.47. The normalized spacial score (nSPS) is 29.8. The average molecular weight is 415 g/mol. The van der Waals surface area contributed by atoms with Crippen LogP contribution in [0, 0.1) is 0 Å². The number of nitrogens with zero attached hydrogens (tertiary/aromatic N) is 2. The van der Waals surface area contributed by atoms with Crippen LogP contribution >= 0.6 is 0 Å². The number of carbonyl (C=O) groups excluding carboxylic acids is 1. The van der Waals surface area contributed by atoms with Crippen molar-refractivity contribution < 1.29 is 25.1 Å². The Morgan fingerprint density at radius 3 is 1.38 bits per heavy atom. The van der Waals surface area contributed by atoms with Crippen molar-refractivity contribution in [2.45, 2.75) is 114 Å². The molecule has 9 heteroatoms. The molecule has 0 bridgehead atoms. The van der Waals surface area contributed by atoms with Gasteiger partial charge in [0.05, 0.1) is 5.54 Å². The van der Waals surface area contributed by atoms with Gasteiger partial charge in [0.15, 0.2) is 0 Å². The van der Waals surface area contributed by atoms with Gasteiger partial charge in [-0.1, -0.05) is 0 Å². The maximum Gasteiger partial charge on any atom is 0.329 e. The Morgan fingerprint density at radius 1 is 0.759 bits per heavy atom. The SMILES string of the molecule is CC1(C)CC(N)(C(=O)NC2(C(=O)O)CC(C)(C)N(O)C(C)(C)C2)CC(C)(C)N1O. The van der Waals surface area contributed by atoms with Crippen LogP contribution in [0.2, 0.25) is 0 Å². The van der Waals surface area contributed by atoms with E-state index >= 15 is 0 Å². The van der Waals surface area contributed by atoms with E-state index in [1.807, 2.05) is 0 Å². The summed E-state index contributed by atoms with van der Waals surface area (Å²) in [6.45, 7) is 14.2. The van der Waals surface area contributed by atoms with Crippen molar-refractivity contribution in [1.29, 1.82) is 0 Å². The lowest BCUT2D eigenvalue weighted by molar-refractivity contribution is -0.258. The van der Waals surface area contributed by atoms with Gasteiger partial charge < -0.3 is 26.6 Å². The van der Waals surface area contributed by atoms with Gasteiger partial charge in [-0.05, 0) is 68.2 Å². The largest absolute Gasteiger partial charge is 0.480 e. The number of nitrogens with one attached hydrogen (secondary N) is 1. The molecule has 6 N–H and O–H groups in total. The Hall–Kier alpha value is -1.26. The molecule has 0 radical (unpaired) electrons. The summed E-state index contributed by atoms with van der Waals surface area (Å²) in [5.74, 6) is -1.70. The number of amides is 1. The molecule has 0 aliphatic carbocycles. The van der Waals surface area contributed by atoms with Crippen LogP contribution in [0.3, 0.4) is 0 Å². The number of hydroxylamine groups is 4. The van der Waals surface area contributed by atoms with E-state index in [0.717, 1.165) is 0 Å². The highest BCUT2D eigenvalue weighted by Gasteiger charge is 2.60. The summed E-state index contributed by atoms with van der Waals surface area (Å²) in [6, 6.07) is 0. The molecule has 0 saturated carbocycles. The van der Waals surface area contributed by atoms with E-state index < -0.39 is 45.1 Å². The van der Waals surface area contributed by atoms with Crippen LogP contribution in [-0.4, -0.2) is 70.8 Å². The van der Waals surface area contributed by atoms with E-state index in [9.17, 15) is 25.1 Å². The van der Waals surface area contributed by atoms with Gasteiger partial charge in [0, 0.05) is 35.0 Å². The number of hydrogen-bond acceptors (Lipinski definition) is 7. The zero-order valence-corrected chi connectivity index (χ0v) is 19.0. The lowest BCUT2D eigenvalue weighted by Gasteiger charge is -2.57. The fraction of sp³-hybridized carbons (Fsp3) is 0.900. The Labute approximate surface area is 173 Å². The second-order valence-corrected chi connectivity index (χ2v) is 11.6. The number of rotatable bonds is 3. The molecule has 168 valence electrons. The topological polar surface area (TPSA) is 139 Å². The van der Waals surface area contributed by atoms with E-state index in [2.05, 4.69) is 5.32 Å². The van der Waals surface area contributed by atoms with Gasteiger partial charge in [-0.15, -0.1) is 0 Å². The number of hydrogen-bond donors (Lipinski definition) is 5. The molecule has 29 heavy (non-hydrogen) atoms. The lowest BCUT2D eigenvalue weighted by atomic mass is 9.68. The summed E-state index contributed by atoms with van der Waals surface area (Å²) in [5.41, 5.74) is 0.356. The maximum absolute atomic E-state index is 13.4. The second-order valence-electron chi connectivity index (χ2n) is 11.6.